The van der Waals surface area contributed by atoms with Crippen LogP contribution in [0.4, 0.5) is 5.13 Å². The first-order chi connectivity index (χ1) is 10.7. The Bertz CT molecular complexity index is 517. The summed E-state index contributed by atoms with van der Waals surface area (Å²) in [5, 5.41) is 2.71. The first-order valence-corrected chi connectivity index (χ1v) is 8.78. The predicted octanol–water partition coefficient (Wildman–Crippen LogP) is 2.16. The number of nitrogens with zero attached hydrogens (tertiary/aromatic N) is 3. The van der Waals surface area contributed by atoms with Gasteiger partial charge in [0, 0.05) is 30.6 Å². The van der Waals surface area contributed by atoms with E-state index >= 15 is 0 Å². The van der Waals surface area contributed by atoms with Crippen LogP contribution in [0.2, 0.25) is 0 Å². The Morgan fingerprint density at radius 3 is 3.14 bits per heavy atom. The quantitative estimate of drug-likeness (QED) is 0.797. The van der Waals surface area contributed by atoms with E-state index in [0.29, 0.717) is 6.54 Å². The third-order valence-corrected chi connectivity index (χ3v) is 5.06. The largest absolute Gasteiger partial charge is 0.374 e. The topological polar surface area (TPSA) is 45.7 Å². The second-order valence-electron chi connectivity index (χ2n) is 6.00. The van der Waals surface area contributed by atoms with Crippen LogP contribution in [0.3, 0.4) is 0 Å². The number of ether oxygens (including phenoxy) is 1. The van der Waals surface area contributed by atoms with Gasteiger partial charge in [0.15, 0.2) is 5.13 Å². The summed E-state index contributed by atoms with van der Waals surface area (Å²) in [6.07, 6.45) is 8.87. The molecule has 0 spiro atoms. The maximum atomic E-state index is 12.9. The summed E-state index contributed by atoms with van der Waals surface area (Å²) in [6.45, 7) is 3.14. The first kappa shape index (κ1) is 15.6. The molecule has 1 aliphatic heterocycles. The number of carbonyl (C=O) groups is 1. The molecule has 120 valence electrons. The number of rotatable bonds is 4. The number of anilines is 1. The molecule has 6 heteroatoms. The van der Waals surface area contributed by atoms with Crippen molar-refractivity contribution >= 4 is 22.4 Å². The fraction of sp³-hybridized carbons (Fsp3) is 0.625. The van der Waals surface area contributed by atoms with Gasteiger partial charge < -0.3 is 9.64 Å². The van der Waals surface area contributed by atoms with Crippen molar-refractivity contribution in [2.24, 2.45) is 5.92 Å². The Hall–Kier alpha value is -1.24. The van der Waals surface area contributed by atoms with Gasteiger partial charge in [-0.25, -0.2) is 4.98 Å². The zero-order chi connectivity index (χ0) is 15.4. The van der Waals surface area contributed by atoms with Gasteiger partial charge in [0.05, 0.1) is 19.3 Å². The maximum Gasteiger partial charge on any atom is 0.232 e. The standard InChI is InChI=1S/C16H23N3O2S/c1-18-8-9-21-14(11-18)12-19(16-17-7-10-22-16)15(20)13-5-3-2-4-6-13/h2-3,7,10,13-14H,4-6,8-9,11-12H2,1H3/t13-,14-/m0/s1. The lowest BCUT2D eigenvalue weighted by Gasteiger charge is -2.34. The molecule has 0 radical (unpaired) electrons. The molecule has 2 aliphatic rings. The molecular formula is C16H23N3O2S. The molecule has 0 unspecified atom stereocenters. The van der Waals surface area contributed by atoms with Gasteiger partial charge in [0.2, 0.25) is 5.91 Å². The van der Waals surface area contributed by atoms with E-state index in [1.54, 1.807) is 6.20 Å². The summed E-state index contributed by atoms with van der Waals surface area (Å²) < 4.78 is 5.84. The van der Waals surface area contributed by atoms with E-state index in [9.17, 15) is 4.79 Å². The van der Waals surface area contributed by atoms with E-state index in [2.05, 4.69) is 29.1 Å². The molecule has 22 heavy (non-hydrogen) atoms. The van der Waals surface area contributed by atoms with E-state index < -0.39 is 0 Å². The van der Waals surface area contributed by atoms with Gasteiger partial charge >= 0.3 is 0 Å². The fourth-order valence-corrected chi connectivity index (χ4v) is 3.69. The summed E-state index contributed by atoms with van der Waals surface area (Å²) in [5.41, 5.74) is 0. The van der Waals surface area contributed by atoms with Crippen molar-refractivity contribution in [3.63, 3.8) is 0 Å². The second kappa shape index (κ2) is 7.35. The summed E-state index contributed by atoms with van der Waals surface area (Å²) in [6, 6.07) is 0. The summed E-state index contributed by atoms with van der Waals surface area (Å²) in [5.74, 6) is 0.270. The fourth-order valence-electron chi connectivity index (χ4n) is 3.03. The predicted molar refractivity (Wildman–Crippen MR) is 88.2 cm³/mol. The molecule has 2 heterocycles. The van der Waals surface area contributed by atoms with Crippen LogP contribution < -0.4 is 4.90 Å². The number of hydrogen-bond donors (Lipinski definition) is 0. The second-order valence-corrected chi connectivity index (χ2v) is 6.87. The highest BCUT2D eigenvalue weighted by molar-refractivity contribution is 7.13. The molecule has 1 fully saturated rings. The van der Waals surface area contributed by atoms with E-state index in [1.807, 2.05) is 10.3 Å². The van der Waals surface area contributed by atoms with E-state index in [0.717, 1.165) is 44.1 Å². The minimum absolute atomic E-state index is 0.0609. The Labute approximate surface area is 135 Å². The number of aromatic nitrogens is 1. The molecule has 2 atom stereocenters. The van der Waals surface area contributed by atoms with Crippen molar-refractivity contribution < 1.29 is 9.53 Å². The molecule has 1 aliphatic carbocycles. The molecule has 3 rings (SSSR count). The molecular weight excluding hydrogens is 298 g/mol. The molecule has 0 bridgehead atoms. The van der Waals surface area contributed by atoms with Gasteiger partial charge in [-0.2, -0.15) is 0 Å². The normalized spacial score (nSPS) is 26.0. The Balaban J connectivity index is 1.72. The lowest BCUT2D eigenvalue weighted by molar-refractivity contribution is -0.123. The third-order valence-electron chi connectivity index (χ3n) is 4.26. The Morgan fingerprint density at radius 2 is 2.45 bits per heavy atom. The van der Waals surface area contributed by atoms with Gasteiger partial charge in [-0.15, -0.1) is 11.3 Å². The maximum absolute atomic E-state index is 12.9. The molecule has 1 amide bonds. The van der Waals surface area contributed by atoms with E-state index in [4.69, 9.17) is 4.74 Å². The van der Waals surface area contributed by atoms with E-state index in [1.165, 1.54) is 11.3 Å². The lowest BCUT2D eigenvalue weighted by atomic mass is 9.93. The number of allylic oxidation sites excluding steroid dienone is 2. The van der Waals surface area contributed by atoms with Crippen molar-refractivity contribution in [1.29, 1.82) is 0 Å². The average Bonchev–Trinajstić information content (AvgIpc) is 3.07. The van der Waals surface area contributed by atoms with Gasteiger partial charge in [0.25, 0.3) is 0 Å². The molecule has 1 aromatic heterocycles. The van der Waals surface area contributed by atoms with Crippen LogP contribution in [-0.4, -0.2) is 55.2 Å². The molecule has 1 aromatic rings. The highest BCUT2D eigenvalue weighted by Gasteiger charge is 2.30. The molecule has 0 saturated carbocycles. The summed E-state index contributed by atoms with van der Waals surface area (Å²) >= 11 is 1.52. The third kappa shape index (κ3) is 3.74. The summed E-state index contributed by atoms with van der Waals surface area (Å²) in [7, 11) is 2.09. The number of amides is 1. The van der Waals surface area contributed by atoms with Crippen molar-refractivity contribution in [1.82, 2.24) is 9.88 Å². The van der Waals surface area contributed by atoms with Crippen LogP contribution in [0.5, 0.6) is 0 Å². The SMILES string of the molecule is CN1CCO[C@H](CN(C(=O)[C@H]2CC=CCC2)c2nccs2)C1. The molecule has 0 N–H and O–H groups in total. The minimum Gasteiger partial charge on any atom is -0.374 e. The number of carbonyl (C=O) groups excluding carboxylic acids is 1. The van der Waals surface area contributed by atoms with Crippen molar-refractivity contribution in [2.75, 3.05) is 38.2 Å². The van der Waals surface area contributed by atoms with Crippen LogP contribution in [-0.2, 0) is 9.53 Å². The van der Waals surface area contributed by atoms with Crippen molar-refractivity contribution in [2.45, 2.75) is 25.4 Å². The van der Waals surface area contributed by atoms with Crippen LogP contribution in [0, 0.1) is 5.92 Å². The Kier molecular flexibility index (Phi) is 5.23. The van der Waals surface area contributed by atoms with Crippen LogP contribution in [0.25, 0.3) is 0 Å². The van der Waals surface area contributed by atoms with Crippen molar-refractivity contribution in [3.8, 4) is 0 Å². The summed E-state index contributed by atoms with van der Waals surface area (Å²) in [4.78, 5) is 21.4. The van der Waals surface area contributed by atoms with Gasteiger partial charge in [0.1, 0.15) is 0 Å². The lowest BCUT2D eigenvalue weighted by Crippen LogP contribution is -2.49. The number of morpholine rings is 1. The number of likely N-dealkylation sites (N-methyl/N-ethyl adjacent to an activating group) is 1. The molecule has 1 saturated heterocycles. The molecule has 5 nitrogen and oxygen atoms in total. The van der Waals surface area contributed by atoms with Crippen LogP contribution >= 0.6 is 11.3 Å². The first-order valence-electron chi connectivity index (χ1n) is 7.90. The number of hydrogen-bond acceptors (Lipinski definition) is 5. The van der Waals surface area contributed by atoms with Crippen molar-refractivity contribution in [3.05, 3.63) is 23.7 Å². The van der Waals surface area contributed by atoms with Gasteiger partial charge in [-0.3, -0.25) is 9.69 Å². The van der Waals surface area contributed by atoms with E-state index in [-0.39, 0.29) is 17.9 Å². The van der Waals surface area contributed by atoms with Gasteiger partial charge in [-0.05, 0) is 26.3 Å². The zero-order valence-electron chi connectivity index (χ0n) is 13.0. The van der Waals surface area contributed by atoms with Crippen LogP contribution in [0.1, 0.15) is 19.3 Å². The zero-order valence-corrected chi connectivity index (χ0v) is 13.8. The smallest absolute Gasteiger partial charge is 0.232 e. The Morgan fingerprint density at radius 1 is 1.55 bits per heavy atom. The highest BCUT2D eigenvalue weighted by atomic mass is 32.1. The number of thiazole rings is 1. The minimum atomic E-state index is 0.0609. The van der Waals surface area contributed by atoms with Gasteiger partial charge in [-0.1, -0.05) is 12.2 Å². The monoisotopic (exact) mass is 321 g/mol. The molecule has 0 aromatic carbocycles. The average molecular weight is 321 g/mol. The van der Waals surface area contributed by atoms with Crippen LogP contribution in [0.15, 0.2) is 23.7 Å². The highest BCUT2D eigenvalue weighted by Crippen LogP contribution is 2.26.